The molecule has 0 saturated carbocycles. The summed E-state index contributed by atoms with van der Waals surface area (Å²) in [4.78, 5) is 3.08. The highest BCUT2D eigenvalue weighted by atomic mass is 35.5. The molecule has 0 aliphatic heterocycles. The highest BCUT2D eigenvalue weighted by molar-refractivity contribution is 6.41. The lowest BCUT2D eigenvalue weighted by Gasteiger charge is -2.10. The maximum atomic E-state index is 6.03. The Morgan fingerprint density at radius 1 is 1.12 bits per heavy atom. The van der Waals surface area contributed by atoms with Crippen molar-refractivity contribution in [1.29, 1.82) is 0 Å². The van der Waals surface area contributed by atoms with Gasteiger partial charge in [-0.2, -0.15) is 0 Å². The number of benzene rings is 1. The summed E-state index contributed by atoms with van der Waals surface area (Å²) in [5, 5.41) is 4.72. The van der Waals surface area contributed by atoms with Crippen molar-refractivity contribution in [2.45, 2.75) is 6.54 Å². The van der Waals surface area contributed by atoms with Crippen LogP contribution in [0.15, 0.2) is 30.5 Å². The maximum absolute atomic E-state index is 6.03. The summed E-state index contributed by atoms with van der Waals surface area (Å²) < 4.78 is 0. The van der Waals surface area contributed by atoms with Crippen molar-refractivity contribution < 1.29 is 0 Å². The van der Waals surface area contributed by atoms with E-state index in [1.165, 1.54) is 0 Å². The second-order valence-corrected chi connectivity index (χ2v) is 4.54. The highest BCUT2D eigenvalue weighted by Gasteiger charge is 2.07. The second kappa shape index (κ2) is 5.00. The topological polar surface area (TPSA) is 27.8 Å². The average molecular weight is 276 g/mol. The van der Waals surface area contributed by atoms with Crippen molar-refractivity contribution in [2.24, 2.45) is 0 Å². The van der Waals surface area contributed by atoms with E-state index in [0.717, 1.165) is 5.69 Å². The number of aromatic amines is 1. The number of rotatable bonds is 3. The van der Waals surface area contributed by atoms with Crippen LogP contribution in [0, 0.1) is 0 Å². The van der Waals surface area contributed by atoms with Gasteiger partial charge in [-0.05, 0) is 24.3 Å². The molecule has 0 radical (unpaired) electrons. The van der Waals surface area contributed by atoms with Gasteiger partial charge in [0.1, 0.15) is 0 Å². The number of nitrogens with one attached hydrogen (secondary N) is 2. The minimum Gasteiger partial charge on any atom is -0.377 e. The van der Waals surface area contributed by atoms with Crippen molar-refractivity contribution >= 4 is 40.5 Å². The fourth-order valence-electron chi connectivity index (χ4n) is 1.37. The molecule has 0 unspecified atom stereocenters. The first kappa shape index (κ1) is 11.6. The minimum atomic E-state index is 0.518. The van der Waals surface area contributed by atoms with Gasteiger partial charge in [0.15, 0.2) is 0 Å². The molecule has 2 N–H and O–H groups in total. The lowest BCUT2D eigenvalue weighted by atomic mass is 10.3. The summed E-state index contributed by atoms with van der Waals surface area (Å²) in [6, 6.07) is 7.23. The Bertz CT molecular complexity index is 457. The smallest absolute Gasteiger partial charge is 0.0723 e. The normalized spacial score (nSPS) is 10.4. The van der Waals surface area contributed by atoms with Crippen LogP contribution in [0.3, 0.4) is 0 Å². The third kappa shape index (κ3) is 2.64. The number of anilines is 1. The lowest BCUT2D eigenvalue weighted by Crippen LogP contribution is -2.00. The first-order chi connectivity index (χ1) is 7.66. The van der Waals surface area contributed by atoms with E-state index in [1.54, 1.807) is 12.1 Å². The predicted octanol–water partition coefficient (Wildman–Crippen LogP) is 4.59. The van der Waals surface area contributed by atoms with E-state index in [-0.39, 0.29) is 0 Å². The Hall–Kier alpha value is -0.830. The summed E-state index contributed by atoms with van der Waals surface area (Å²) in [7, 11) is 0. The van der Waals surface area contributed by atoms with E-state index in [1.807, 2.05) is 18.3 Å². The molecular weight excluding hydrogens is 266 g/mol. The molecular formula is C11H9Cl3N2. The highest BCUT2D eigenvalue weighted by Crippen LogP contribution is 2.33. The third-order valence-electron chi connectivity index (χ3n) is 2.12. The van der Waals surface area contributed by atoms with Crippen molar-refractivity contribution in [3.05, 3.63) is 51.2 Å². The number of hydrogen-bond donors (Lipinski definition) is 2. The number of halogens is 3. The van der Waals surface area contributed by atoms with Crippen molar-refractivity contribution in [3.8, 4) is 0 Å². The van der Waals surface area contributed by atoms with Gasteiger partial charge in [0.25, 0.3) is 0 Å². The van der Waals surface area contributed by atoms with Gasteiger partial charge < -0.3 is 10.3 Å². The van der Waals surface area contributed by atoms with Crippen molar-refractivity contribution in [2.75, 3.05) is 5.32 Å². The Morgan fingerprint density at radius 2 is 1.81 bits per heavy atom. The standard InChI is InChI=1S/C11H9Cl3N2/c12-7-4-9(13)11(10(14)5-7)16-6-8-2-1-3-15-8/h1-5,15-16H,6H2. The molecule has 1 aromatic heterocycles. The van der Waals surface area contributed by atoms with Gasteiger partial charge in [0.2, 0.25) is 0 Å². The molecule has 2 nitrogen and oxygen atoms in total. The molecule has 2 aromatic rings. The molecule has 1 heterocycles. The molecule has 0 atom stereocenters. The lowest BCUT2D eigenvalue weighted by molar-refractivity contribution is 1.07. The molecule has 0 saturated heterocycles. The largest absolute Gasteiger partial charge is 0.377 e. The van der Waals surface area contributed by atoms with E-state index in [2.05, 4.69) is 10.3 Å². The van der Waals surface area contributed by atoms with Crippen LogP contribution in [0.1, 0.15) is 5.69 Å². The second-order valence-electron chi connectivity index (χ2n) is 3.29. The zero-order valence-corrected chi connectivity index (χ0v) is 10.5. The van der Waals surface area contributed by atoms with E-state index >= 15 is 0 Å². The van der Waals surface area contributed by atoms with Gasteiger partial charge in [-0.3, -0.25) is 0 Å². The summed E-state index contributed by atoms with van der Waals surface area (Å²) in [5.74, 6) is 0. The molecule has 0 aliphatic rings. The van der Waals surface area contributed by atoms with Crippen LogP contribution in [0.2, 0.25) is 15.1 Å². The van der Waals surface area contributed by atoms with Gasteiger partial charge in [-0.25, -0.2) is 0 Å². The maximum Gasteiger partial charge on any atom is 0.0723 e. The Labute approximate surface area is 109 Å². The Kier molecular flexibility index (Phi) is 3.64. The summed E-state index contributed by atoms with van der Waals surface area (Å²) in [6.07, 6.45) is 1.86. The molecule has 0 amide bonds. The third-order valence-corrected chi connectivity index (χ3v) is 2.94. The number of aromatic nitrogens is 1. The molecule has 0 bridgehead atoms. The first-order valence-corrected chi connectivity index (χ1v) is 5.81. The molecule has 0 spiro atoms. The zero-order chi connectivity index (χ0) is 11.5. The Balaban J connectivity index is 2.15. The van der Waals surface area contributed by atoms with Crippen LogP contribution in [-0.2, 0) is 6.54 Å². The van der Waals surface area contributed by atoms with Gasteiger partial charge in [-0.15, -0.1) is 0 Å². The predicted molar refractivity (Wildman–Crippen MR) is 69.6 cm³/mol. The monoisotopic (exact) mass is 274 g/mol. The number of hydrogen-bond acceptors (Lipinski definition) is 1. The van der Waals surface area contributed by atoms with Crippen LogP contribution in [-0.4, -0.2) is 4.98 Å². The van der Waals surface area contributed by atoms with Gasteiger partial charge in [0.05, 0.1) is 22.3 Å². The molecule has 0 aliphatic carbocycles. The SMILES string of the molecule is Clc1cc(Cl)c(NCc2ccc[nH]2)c(Cl)c1. The fraction of sp³-hybridized carbons (Fsp3) is 0.0909. The van der Waals surface area contributed by atoms with E-state index in [0.29, 0.717) is 27.3 Å². The quantitative estimate of drug-likeness (QED) is 0.842. The average Bonchev–Trinajstić information content (AvgIpc) is 2.68. The van der Waals surface area contributed by atoms with Crippen LogP contribution >= 0.6 is 34.8 Å². The molecule has 16 heavy (non-hydrogen) atoms. The molecule has 5 heteroatoms. The summed E-state index contributed by atoms with van der Waals surface area (Å²) in [6.45, 7) is 0.633. The van der Waals surface area contributed by atoms with Crippen LogP contribution in [0.5, 0.6) is 0 Å². The Morgan fingerprint density at radius 3 is 2.38 bits per heavy atom. The molecule has 2 rings (SSSR count). The molecule has 0 fully saturated rings. The van der Waals surface area contributed by atoms with Crippen molar-refractivity contribution in [1.82, 2.24) is 4.98 Å². The van der Waals surface area contributed by atoms with E-state index in [4.69, 9.17) is 34.8 Å². The van der Waals surface area contributed by atoms with Crippen LogP contribution in [0.4, 0.5) is 5.69 Å². The fourth-order valence-corrected chi connectivity index (χ4v) is 2.32. The summed E-state index contributed by atoms with van der Waals surface area (Å²) >= 11 is 17.9. The number of H-pyrrole nitrogens is 1. The van der Waals surface area contributed by atoms with Crippen molar-refractivity contribution in [3.63, 3.8) is 0 Å². The van der Waals surface area contributed by atoms with Gasteiger partial charge >= 0.3 is 0 Å². The summed E-state index contributed by atoms with van der Waals surface area (Å²) in [5.41, 5.74) is 1.75. The van der Waals surface area contributed by atoms with Gasteiger partial charge in [0, 0.05) is 16.9 Å². The van der Waals surface area contributed by atoms with E-state index < -0.39 is 0 Å². The van der Waals surface area contributed by atoms with E-state index in [9.17, 15) is 0 Å². The zero-order valence-electron chi connectivity index (χ0n) is 8.23. The first-order valence-electron chi connectivity index (χ1n) is 4.67. The van der Waals surface area contributed by atoms with Gasteiger partial charge in [-0.1, -0.05) is 34.8 Å². The molecule has 1 aromatic carbocycles. The molecule has 84 valence electrons. The minimum absolute atomic E-state index is 0.518. The van der Waals surface area contributed by atoms with Crippen LogP contribution in [0.25, 0.3) is 0 Å². The van der Waals surface area contributed by atoms with Crippen LogP contribution < -0.4 is 5.32 Å².